The molecule has 0 fully saturated rings. The number of nitrogens with two attached hydrogens (primary N) is 1. The molecule has 0 radical (unpaired) electrons. The molecule has 2 aromatic carbocycles. The Morgan fingerprint density at radius 3 is 2.05 bits per heavy atom. The van der Waals surface area contributed by atoms with Crippen LogP contribution in [0.15, 0.2) is 58.8 Å². The first-order valence-corrected chi connectivity index (χ1v) is 9.28. The first-order valence-electron chi connectivity index (χ1n) is 6.57. The fraction of sp³-hybridized carbons (Fsp3) is 0.0625. The summed E-state index contributed by atoms with van der Waals surface area (Å²) in [5, 5.41) is 0.252. The van der Waals surface area contributed by atoms with E-state index in [4.69, 9.17) is 5.73 Å². The van der Waals surface area contributed by atoms with E-state index in [2.05, 4.69) is 4.98 Å². The summed E-state index contributed by atoms with van der Waals surface area (Å²) < 4.78 is 23.9. The summed E-state index contributed by atoms with van der Waals surface area (Å²) in [5.41, 5.74) is 9.01. The quantitative estimate of drug-likeness (QED) is 0.798. The van der Waals surface area contributed by atoms with Crippen molar-refractivity contribution < 1.29 is 8.42 Å². The number of nitrogens with zero attached hydrogens (tertiary/aromatic N) is 1. The predicted octanol–water partition coefficient (Wildman–Crippen LogP) is 3.46. The zero-order valence-corrected chi connectivity index (χ0v) is 13.5. The summed E-state index contributed by atoms with van der Waals surface area (Å²) in [4.78, 5) is 4.17. The van der Waals surface area contributed by atoms with Gasteiger partial charge >= 0.3 is 0 Å². The Morgan fingerprint density at radius 1 is 0.909 bits per heavy atom. The monoisotopic (exact) mass is 330 g/mol. The summed E-state index contributed by atoms with van der Waals surface area (Å²) in [6, 6.07) is 17.6. The molecule has 4 nitrogen and oxygen atoms in total. The van der Waals surface area contributed by atoms with E-state index in [9.17, 15) is 8.42 Å². The van der Waals surface area contributed by atoms with Crippen molar-refractivity contribution in [3.05, 3.63) is 54.6 Å². The van der Waals surface area contributed by atoms with E-state index in [1.165, 1.54) is 6.26 Å². The minimum Gasteiger partial charge on any atom is -0.375 e. The van der Waals surface area contributed by atoms with Gasteiger partial charge in [0.05, 0.1) is 0 Å². The van der Waals surface area contributed by atoms with Gasteiger partial charge in [0.25, 0.3) is 0 Å². The van der Waals surface area contributed by atoms with Crippen molar-refractivity contribution in [3.63, 3.8) is 0 Å². The number of sulfone groups is 1. The van der Waals surface area contributed by atoms with Crippen LogP contribution >= 0.6 is 11.3 Å². The molecule has 112 valence electrons. The summed E-state index contributed by atoms with van der Waals surface area (Å²) >= 11 is 0.995. The van der Waals surface area contributed by atoms with E-state index in [0.29, 0.717) is 5.69 Å². The Labute approximate surface area is 133 Å². The molecule has 6 heteroatoms. The standard InChI is InChI=1S/C16H14N2O2S2/c1-22(19,20)15-14(18-16(17)21-15)13-9-7-12(8-10-13)11-5-3-2-4-6-11/h2-10H,1H3,(H2,17,18). The molecular weight excluding hydrogens is 316 g/mol. The molecule has 0 aliphatic carbocycles. The maximum atomic E-state index is 11.8. The van der Waals surface area contributed by atoms with Gasteiger partial charge in [-0.1, -0.05) is 65.9 Å². The van der Waals surface area contributed by atoms with Gasteiger partial charge in [-0.15, -0.1) is 0 Å². The van der Waals surface area contributed by atoms with Crippen LogP contribution in [0.2, 0.25) is 0 Å². The van der Waals surface area contributed by atoms with Crippen LogP contribution in [0.25, 0.3) is 22.4 Å². The maximum Gasteiger partial charge on any atom is 0.187 e. The van der Waals surface area contributed by atoms with Crippen LogP contribution in [-0.2, 0) is 9.84 Å². The van der Waals surface area contributed by atoms with E-state index in [1.807, 2.05) is 54.6 Å². The van der Waals surface area contributed by atoms with Crippen molar-refractivity contribution in [2.45, 2.75) is 4.21 Å². The zero-order valence-electron chi connectivity index (χ0n) is 11.9. The van der Waals surface area contributed by atoms with E-state index in [1.54, 1.807) is 0 Å². The number of benzene rings is 2. The molecule has 3 aromatic rings. The number of rotatable bonds is 3. The largest absolute Gasteiger partial charge is 0.375 e. The van der Waals surface area contributed by atoms with Gasteiger partial charge < -0.3 is 5.73 Å². The van der Waals surface area contributed by atoms with Crippen LogP contribution in [0.4, 0.5) is 5.13 Å². The second-order valence-electron chi connectivity index (χ2n) is 4.90. The summed E-state index contributed by atoms with van der Waals surface area (Å²) in [6.45, 7) is 0. The second-order valence-corrected chi connectivity index (χ2v) is 8.15. The number of thiazole rings is 1. The molecule has 0 saturated heterocycles. The van der Waals surface area contributed by atoms with Gasteiger partial charge in [-0.25, -0.2) is 13.4 Å². The fourth-order valence-electron chi connectivity index (χ4n) is 2.21. The number of aromatic nitrogens is 1. The van der Waals surface area contributed by atoms with Crippen LogP contribution in [0.5, 0.6) is 0 Å². The minimum atomic E-state index is -3.35. The fourth-order valence-corrected chi connectivity index (χ4v) is 4.17. The lowest BCUT2D eigenvalue weighted by atomic mass is 10.0. The summed E-state index contributed by atoms with van der Waals surface area (Å²) in [6.07, 6.45) is 1.17. The van der Waals surface area contributed by atoms with Crippen molar-refractivity contribution in [2.75, 3.05) is 12.0 Å². The molecule has 0 aliphatic heterocycles. The number of hydrogen-bond donors (Lipinski definition) is 1. The lowest BCUT2D eigenvalue weighted by Gasteiger charge is -2.04. The van der Waals surface area contributed by atoms with Crippen molar-refractivity contribution in [1.82, 2.24) is 4.98 Å². The Morgan fingerprint density at radius 2 is 1.45 bits per heavy atom. The van der Waals surface area contributed by atoms with E-state index < -0.39 is 9.84 Å². The minimum absolute atomic E-state index is 0.206. The first kappa shape index (κ1) is 14.7. The molecule has 1 heterocycles. The van der Waals surface area contributed by atoms with Crippen LogP contribution in [-0.4, -0.2) is 19.7 Å². The molecule has 0 amide bonds. The Hall–Kier alpha value is -2.18. The molecule has 0 bridgehead atoms. The molecule has 2 N–H and O–H groups in total. The average Bonchev–Trinajstić information content (AvgIpc) is 2.91. The van der Waals surface area contributed by atoms with Gasteiger partial charge in [-0.05, 0) is 11.1 Å². The van der Waals surface area contributed by atoms with Gasteiger partial charge in [0.2, 0.25) is 0 Å². The highest BCUT2D eigenvalue weighted by Crippen LogP contribution is 2.34. The topological polar surface area (TPSA) is 73.0 Å². The lowest BCUT2D eigenvalue weighted by Crippen LogP contribution is -1.96. The number of nitrogen functional groups attached to an aromatic ring is 1. The average molecular weight is 330 g/mol. The maximum absolute atomic E-state index is 11.8. The highest BCUT2D eigenvalue weighted by molar-refractivity contribution is 7.93. The van der Waals surface area contributed by atoms with Gasteiger partial charge in [0.15, 0.2) is 15.0 Å². The Balaban J connectivity index is 2.05. The third-order valence-corrected chi connectivity index (χ3v) is 5.92. The van der Waals surface area contributed by atoms with Crippen molar-refractivity contribution in [3.8, 4) is 22.4 Å². The molecule has 3 rings (SSSR count). The SMILES string of the molecule is CS(=O)(=O)c1sc(N)nc1-c1ccc(-c2ccccc2)cc1. The Bertz CT molecular complexity index is 899. The molecule has 0 atom stereocenters. The van der Waals surface area contributed by atoms with Crippen molar-refractivity contribution in [2.24, 2.45) is 0 Å². The van der Waals surface area contributed by atoms with Crippen molar-refractivity contribution >= 4 is 26.3 Å². The van der Waals surface area contributed by atoms with E-state index >= 15 is 0 Å². The molecule has 1 aromatic heterocycles. The van der Waals surface area contributed by atoms with Crippen LogP contribution in [0, 0.1) is 0 Å². The van der Waals surface area contributed by atoms with Crippen molar-refractivity contribution in [1.29, 1.82) is 0 Å². The number of anilines is 1. The molecular formula is C16H14N2O2S2. The Kier molecular flexibility index (Phi) is 3.72. The highest BCUT2D eigenvalue weighted by Gasteiger charge is 2.20. The molecule has 0 spiro atoms. The summed E-state index contributed by atoms with van der Waals surface area (Å²) in [5.74, 6) is 0. The van der Waals surface area contributed by atoms with Crippen LogP contribution in [0.3, 0.4) is 0 Å². The van der Waals surface area contributed by atoms with Gasteiger partial charge in [-0.3, -0.25) is 0 Å². The third kappa shape index (κ3) is 2.88. The number of hydrogen-bond acceptors (Lipinski definition) is 5. The van der Waals surface area contributed by atoms with Crippen LogP contribution in [0.1, 0.15) is 0 Å². The van der Waals surface area contributed by atoms with Gasteiger partial charge in [0.1, 0.15) is 9.90 Å². The summed E-state index contributed by atoms with van der Waals surface area (Å²) in [7, 11) is -3.35. The van der Waals surface area contributed by atoms with Gasteiger partial charge in [-0.2, -0.15) is 0 Å². The van der Waals surface area contributed by atoms with Gasteiger partial charge in [0, 0.05) is 11.8 Å². The highest BCUT2D eigenvalue weighted by atomic mass is 32.2. The lowest BCUT2D eigenvalue weighted by molar-refractivity contribution is 0.604. The molecule has 0 aliphatic rings. The first-order chi connectivity index (χ1) is 10.4. The smallest absolute Gasteiger partial charge is 0.187 e. The van der Waals surface area contributed by atoms with E-state index in [0.717, 1.165) is 28.0 Å². The second kappa shape index (κ2) is 5.55. The van der Waals surface area contributed by atoms with Crippen LogP contribution < -0.4 is 5.73 Å². The molecule has 0 saturated carbocycles. The molecule has 22 heavy (non-hydrogen) atoms. The zero-order chi connectivity index (χ0) is 15.7. The molecule has 0 unspecified atom stereocenters. The normalized spacial score (nSPS) is 11.5. The van der Waals surface area contributed by atoms with E-state index in [-0.39, 0.29) is 9.34 Å². The third-order valence-electron chi connectivity index (χ3n) is 3.21. The predicted molar refractivity (Wildman–Crippen MR) is 90.5 cm³/mol.